The second-order valence-electron chi connectivity index (χ2n) is 4.31. The number of hydrogen-bond acceptors (Lipinski definition) is 4. The number of carbonyl (C=O) groups is 2. The zero-order valence-electron chi connectivity index (χ0n) is 11.5. The Labute approximate surface area is 122 Å². The van der Waals surface area contributed by atoms with Gasteiger partial charge in [0.05, 0.1) is 0 Å². The molecular weight excluding hydrogens is 274 g/mol. The molecule has 1 rings (SSSR count). The van der Waals surface area contributed by atoms with Crippen LogP contribution in [0.5, 0.6) is 11.5 Å². The SMILES string of the molecule is C/C=C/C=C/C(=O)N[C@@H](Cc1ccc(O)c(O)c1)C(=O)O. The fourth-order valence-corrected chi connectivity index (χ4v) is 1.61. The lowest BCUT2D eigenvalue weighted by Gasteiger charge is -2.13. The Hall–Kier alpha value is -2.76. The first-order valence-electron chi connectivity index (χ1n) is 6.27. The maximum Gasteiger partial charge on any atom is 0.326 e. The average Bonchev–Trinajstić information content (AvgIpc) is 2.42. The number of nitrogens with one attached hydrogen (secondary N) is 1. The van der Waals surface area contributed by atoms with Crippen LogP contribution in [-0.4, -0.2) is 33.2 Å². The number of phenols is 2. The van der Waals surface area contributed by atoms with Gasteiger partial charge in [-0.1, -0.05) is 24.3 Å². The number of carboxylic acids is 1. The van der Waals surface area contributed by atoms with Gasteiger partial charge in [0.2, 0.25) is 5.91 Å². The summed E-state index contributed by atoms with van der Waals surface area (Å²) in [6.07, 6.45) is 6.10. The van der Waals surface area contributed by atoms with Crippen molar-refractivity contribution in [3.05, 3.63) is 48.1 Å². The first-order chi connectivity index (χ1) is 9.93. The van der Waals surface area contributed by atoms with Crippen molar-refractivity contribution >= 4 is 11.9 Å². The van der Waals surface area contributed by atoms with Gasteiger partial charge in [0.1, 0.15) is 6.04 Å². The quantitative estimate of drug-likeness (QED) is 0.359. The molecular formula is C15H17NO5. The van der Waals surface area contributed by atoms with Crippen molar-refractivity contribution in [1.29, 1.82) is 0 Å². The topological polar surface area (TPSA) is 107 Å². The highest BCUT2D eigenvalue weighted by molar-refractivity contribution is 5.91. The molecule has 112 valence electrons. The third-order valence-corrected chi connectivity index (χ3v) is 2.65. The summed E-state index contributed by atoms with van der Waals surface area (Å²) >= 11 is 0. The molecule has 0 aromatic heterocycles. The number of amides is 1. The van der Waals surface area contributed by atoms with E-state index in [1.54, 1.807) is 19.1 Å². The van der Waals surface area contributed by atoms with E-state index in [0.717, 1.165) is 0 Å². The van der Waals surface area contributed by atoms with Crippen molar-refractivity contribution in [1.82, 2.24) is 5.32 Å². The highest BCUT2D eigenvalue weighted by Crippen LogP contribution is 2.25. The lowest BCUT2D eigenvalue weighted by Crippen LogP contribution is -2.41. The predicted molar refractivity (Wildman–Crippen MR) is 77.0 cm³/mol. The maximum atomic E-state index is 11.6. The summed E-state index contributed by atoms with van der Waals surface area (Å²) in [5.41, 5.74) is 0.482. The molecule has 21 heavy (non-hydrogen) atoms. The summed E-state index contributed by atoms with van der Waals surface area (Å²) in [6, 6.07) is 2.87. The number of allylic oxidation sites excluding steroid dienone is 3. The van der Waals surface area contributed by atoms with Crippen molar-refractivity contribution in [3.63, 3.8) is 0 Å². The minimum atomic E-state index is -1.18. The Morgan fingerprint density at radius 2 is 1.95 bits per heavy atom. The Kier molecular flexibility index (Phi) is 6.00. The Bertz CT molecular complexity index is 577. The van der Waals surface area contributed by atoms with E-state index in [1.807, 2.05) is 0 Å². The Morgan fingerprint density at radius 3 is 2.52 bits per heavy atom. The molecule has 4 N–H and O–H groups in total. The van der Waals surface area contributed by atoms with Gasteiger partial charge in [-0.3, -0.25) is 4.79 Å². The van der Waals surface area contributed by atoms with Crippen LogP contribution in [0.15, 0.2) is 42.5 Å². The molecule has 0 bridgehead atoms. The highest BCUT2D eigenvalue weighted by atomic mass is 16.4. The number of benzene rings is 1. The molecule has 1 aromatic rings. The van der Waals surface area contributed by atoms with Gasteiger partial charge in [-0.05, 0) is 24.6 Å². The second kappa shape index (κ2) is 7.74. The number of rotatable bonds is 6. The van der Waals surface area contributed by atoms with Crippen molar-refractivity contribution in [2.24, 2.45) is 0 Å². The lowest BCUT2D eigenvalue weighted by molar-refractivity contribution is -0.141. The van der Waals surface area contributed by atoms with Crippen LogP contribution in [0.4, 0.5) is 0 Å². The summed E-state index contributed by atoms with van der Waals surface area (Å²) in [7, 11) is 0. The minimum Gasteiger partial charge on any atom is -0.504 e. The summed E-state index contributed by atoms with van der Waals surface area (Å²) in [6.45, 7) is 1.79. The van der Waals surface area contributed by atoms with Gasteiger partial charge in [-0.25, -0.2) is 4.79 Å². The van der Waals surface area contributed by atoms with E-state index in [4.69, 9.17) is 5.11 Å². The fourth-order valence-electron chi connectivity index (χ4n) is 1.61. The molecule has 6 nitrogen and oxygen atoms in total. The smallest absolute Gasteiger partial charge is 0.326 e. The van der Waals surface area contributed by atoms with Gasteiger partial charge in [-0.15, -0.1) is 0 Å². The summed E-state index contributed by atoms with van der Waals surface area (Å²) in [5, 5.41) is 30.0. The zero-order valence-corrected chi connectivity index (χ0v) is 11.5. The van der Waals surface area contributed by atoms with E-state index in [0.29, 0.717) is 5.56 Å². The van der Waals surface area contributed by atoms with Crippen LogP contribution < -0.4 is 5.32 Å². The van der Waals surface area contributed by atoms with Crippen molar-refractivity contribution in [3.8, 4) is 11.5 Å². The molecule has 0 spiro atoms. The van der Waals surface area contributed by atoms with Crippen LogP contribution in [0.2, 0.25) is 0 Å². The monoisotopic (exact) mass is 291 g/mol. The molecule has 6 heteroatoms. The molecule has 0 unspecified atom stereocenters. The van der Waals surface area contributed by atoms with Crippen LogP contribution in [0.25, 0.3) is 0 Å². The predicted octanol–water partition coefficient (Wildman–Crippen LogP) is 1.34. The van der Waals surface area contributed by atoms with Gasteiger partial charge in [-0.2, -0.15) is 0 Å². The molecule has 0 saturated carbocycles. The van der Waals surface area contributed by atoms with E-state index in [1.165, 1.54) is 30.4 Å². The number of aliphatic carboxylic acids is 1. The molecule has 0 radical (unpaired) electrons. The van der Waals surface area contributed by atoms with E-state index in [-0.39, 0.29) is 17.9 Å². The van der Waals surface area contributed by atoms with Crippen molar-refractivity contribution in [2.45, 2.75) is 19.4 Å². The van der Waals surface area contributed by atoms with Crippen LogP contribution in [0.3, 0.4) is 0 Å². The number of carboxylic acid groups (broad SMARTS) is 1. The zero-order chi connectivity index (χ0) is 15.8. The number of hydrogen-bond donors (Lipinski definition) is 4. The van der Waals surface area contributed by atoms with Crippen LogP contribution in [-0.2, 0) is 16.0 Å². The van der Waals surface area contributed by atoms with Gasteiger partial charge < -0.3 is 20.6 Å². The molecule has 1 atom stereocenters. The van der Waals surface area contributed by atoms with Crippen LogP contribution in [0, 0.1) is 0 Å². The van der Waals surface area contributed by atoms with Crippen LogP contribution in [0.1, 0.15) is 12.5 Å². The van der Waals surface area contributed by atoms with Crippen molar-refractivity contribution < 1.29 is 24.9 Å². The summed E-state index contributed by atoms with van der Waals surface area (Å²) in [4.78, 5) is 22.7. The largest absolute Gasteiger partial charge is 0.504 e. The van der Waals surface area contributed by atoms with Gasteiger partial charge in [0.15, 0.2) is 11.5 Å². The fraction of sp³-hybridized carbons (Fsp3) is 0.200. The number of aromatic hydroxyl groups is 2. The minimum absolute atomic E-state index is 0.00757. The highest BCUT2D eigenvalue weighted by Gasteiger charge is 2.19. The lowest BCUT2D eigenvalue weighted by atomic mass is 10.1. The molecule has 1 amide bonds. The summed E-state index contributed by atoms with van der Waals surface area (Å²) < 4.78 is 0. The standard InChI is InChI=1S/C15H17NO5/c1-2-3-4-5-14(19)16-11(15(20)21)8-10-6-7-12(17)13(18)9-10/h2-7,9,11,17-18H,8H2,1H3,(H,16,19)(H,20,21)/b3-2+,5-4+/t11-/m0/s1. The Balaban J connectivity index is 2.76. The first kappa shape index (κ1) is 16.3. The van der Waals surface area contributed by atoms with Gasteiger partial charge in [0.25, 0.3) is 0 Å². The van der Waals surface area contributed by atoms with Gasteiger partial charge >= 0.3 is 5.97 Å². The van der Waals surface area contributed by atoms with E-state index in [9.17, 15) is 19.8 Å². The van der Waals surface area contributed by atoms with E-state index in [2.05, 4.69) is 5.32 Å². The molecule has 0 fully saturated rings. The summed E-state index contributed by atoms with van der Waals surface area (Å²) in [5.74, 6) is -2.33. The third kappa shape index (κ3) is 5.40. The maximum absolute atomic E-state index is 11.6. The average molecular weight is 291 g/mol. The molecule has 0 heterocycles. The number of carbonyl (C=O) groups excluding carboxylic acids is 1. The molecule has 0 aliphatic carbocycles. The molecule has 1 aromatic carbocycles. The molecule has 0 saturated heterocycles. The van der Waals surface area contributed by atoms with Gasteiger partial charge in [0, 0.05) is 12.5 Å². The normalized spacial score (nSPS) is 12.6. The van der Waals surface area contributed by atoms with Crippen LogP contribution >= 0.6 is 0 Å². The first-order valence-corrected chi connectivity index (χ1v) is 6.27. The second-order valence-corrected chi connectivity index (χ2v) is 4.31. The molecule has 0 aliphatic rings. The number of phenolic OH excluding ortho intramolecular Hbond substituents is 2. The van der Waals surface area contributed by atoms with E-state index < -0.39 is 17.9 Å². The van der Waals surface area contributed by atoms with Crippen molar-refractivity contribution in [2.75, 3.05) is 0 Å². The van der Waals surface area contributed by atoms with E-state index >= 15 is 0 Å². The molecule has 0 aliphatic heterocycles. The third-order valence-electron chi connectivity index (χ3n) is 2.65. The Morgan fingerprint density at radius 1 is 1.24 bits per heavy atom.